The minimum absolute atomic E-state index is 0.126. The van der Waals surface area contributed by atoms with Gasteiger partial charge in [0.1, 0.15) is 6.04 Å². The quantitative estimate of drug-likeness (QED) is 0.610. The molecule has 1 aromatic rings. The summed E-state index contributed by atoms with van der Waals surface area (Å²) >= 11 is 0. The first-order valence-electron chi connectivity index (χ1n) is 7.88. The van der Waals surface area contributed by atoms with Crippen LogP contribution in [-0.2, 0) is 9.59 Å². The van der Waals surface area contributed by atoms with E-state index < -0.39 is 23.9 Å². The van der Waals surface area contributed by atoms with Crippen LogP contribution in [-0.4, -0.2) is 35.6 Å². The summed E-state index contributed by atoms with van der Waals surface area (Å²) in [7, 11) is 0. The van der Waals surface area contributed by atoms with Crippen molar-refractivity contribution >= 4 is 23.6 Å². The highest BCUT2D eigenvalue weighted by Crippen LogP contribution is 2.15. The molecule has 0 spiro atoms. The second-order valence-electron chi connectivity index (χ2n) is 5.90. The van der Waals surface area contributed by atoms with Crippen molar-refractivity contribution in [1.29, 1.82) is 0 Å². The fraction of sp³-hybridized carbons (Fsp3) is 0.471. The Hall–Kier alpha value is -2.41. The molecule has 0 bridgehead atoms. The van der Waals surface area contributed by atoms with E-state index in [2.05, 4.69) is 16.0 Å². The Morgan fingerprint density at radius 1 is 1.21 bits per heavy atom. The molecule has 0 aliphatic carbocycles. The van der Waals surface area contributed by atoms with E-state index in [4.69, 9.17) is 5.11 Å². The maximum Gasteiger partial charge on any atom is 0.325 e. The lowest BCUT2D eigenvalue weighted by Gasteiger charge is -2.19. The summed E-state index contributed by atoms with van der Waals surface area (Å²) in [6, 6.07) is 4.06. The third-order valence-electron chi connectivity index (χ3n) is 3.84. The van der Waals surface area contributed by atoms with Crippen LogP contribution in [0.25, 0.3) is 0 Å². The molecule has 0 aliphatic heterocycles. The molecule has 0 saturated carbocycles. The van der Waals surface area contributed by atoms with Crippen molar-refractivity contribution in [1.82, 2.24) is 10.6 Å². The molecule has 132 valence electrons. The summed E-state index contributed by atoms with van der Waals surface area (Å²) in [5.41, 5.74) is 2.57. The predicted molar refractivity (Wildman–Crippen MR) is 92.0 cm³/mol. The van der Waals surface area contributed by atoms with Gasteiger partial charge in [0.2, 0.25) is 5.91 Å². The summed E-state index contributed by atoms with van der Waals surface area (Å²) in [6.45, 7) is 7.22. The number of carbonyl (C=O) groups excluding carboxylic acids is 2. The molecule has 7 nitrogen and oxygen atoms in total. The first-order chi connectivity index (χ1) is 11.2. The number of benzene rings is 1. The molecular weight excluding hydrogens is 310 g/mol. The lowest BCUT2D eigenvalue weighted by Crippen LogP contribution is -2.47. The Morgan fingerprint density at radius 3 is 2.42 bits per heavy atom. The van der Waals surface area contributed by atoms with Gasteiger partial charge in [0, 0.05) is 5.69 Å². The van der Waals surface area contributed by atoms with Gasteiger partial charge >= 0.3 is 12.0 Å². The maximum absolute atomic E-state index is 11.8. The van der Waals surface area contributed by atoms with Crippen molar-refractivity contribution in [3.63, 3.8) is 0 Å². The molecule has 0 saturated heterocycles. The number of hydrogen-bond donors (Lipinski definition) is 4. The number of hydrogen-bond acceptors (Lipinski definition) is 4. The number of carboxylic acid groups (broad SMARTS) is 1. The first-order valence-corrected chi connectivity index (χ1v) is 7.88. The summed E-state index contributed by atoms with van der Waals surface area (Å²) in [6.07, 6.45) is 0.665. The Morgan fingerprint density at radius 2 is 1.88 bits per heavy atom. The lowest BCUT2D eigenvalue weighted by molar-refractivity contribution is -0.140. The van der Waals surface area contributed by atoms with Crippen molar-refractivity contribution in [2.45, 2.75) is 40.2 Å². The van der Waals surface area contributed by atoms with Gasteiger partial charge in [-0.05, 0) is 31.4 Å². The molecular formula is C17H25N3O4. The number of aryl methyl sites for hydroxylation is 2. The van der Waals surface area contributed by atoms with Crippen LogP contribution in [0.1, 0.15) is 31.4 Å². The maximum atomic E-state index is 11.8. The number of anilines is 1. The predicted octanol–water partition coefficient (Wildman–Crippen LogP) is 2.04. The second kappa shape index (κ2) is 9.02. The molecule has 0 fully saturated rings. The van der Waals surface area contributed by atoms with E-state index in [1.807, 2.05) is 32.9 Å². The number of imide groups is 1. The molecule has 3 amide bonds. The van der Waals surface area contributed by atoms with Crippen molar-refractivity contribution in [3.8, 4) is 0 Å². The number of aliphatic carboxylic acids is 1. The Labute approximate surface area is 141 Å². The van der Waals surface area contributed by atoms with Gasteiger partial charge in [-0.15, -0.1) is 0 Å². The van der Waals surface area contributed by atoms with Crippen LogP contribution in [0.2, 0.25) is 0 Å². The van der Waals surface area contributed by atoms with Crippen LogP contribution in [0.5, 0.6) is 0 Å². The van der Waals surface area contributed by atoms with E-state index in [0.717, 1.165) is 11.1 Å². The summed E-state index contributed by atoms with van der Waals surface area (Å²) in [5.74, 6) is -1.73. The van der Waals surface area contributed by atoms with Gasteiger partial charge in [-0.1, -0.05) is 38.0 Å². The van der Waals surface area contributed by atoms with Crippen molar-refractivity contribution < 1.29 is 19.5 Å². The third kappa shape index (κ3) is 6.00. The zero-order valence-electron chi connectivity index (χ0n) is 14.5. The lowest BCUT2D eigenvalue weighted by atomic mass is 9.99. The largest absolute Gasteiger partial charge is 0.480 e. The molecule has 7 heteroatoms. The number of urea groups is 1. The summed E-state index contributed by atoms with van der Waals surface area (Å²) in [5, 5.41) is 16.6. The van der Waals surface area contributed by atoms with E-state index >= 15 is 0 Å². The van der Waals surface area contributed by atoms with Gasteiger partial charge in [0.15, 0.2) is 0 Å². The average Bonchev–Trinajstić information content (AvgIpc) is 2.49. The van der Waals surface area contributed by atoms with Gasteiger partial charge in [0.05, 0.1) is 6.54 Å². The third-order valence-corrected chi connectivity index (χ3v) is 3.84. The Kier molecular flexibility index (Phi) is 7.38. The van der Waals surface area contributed by atoms with E-state index in [9.17, 15) is 14.4 Å². The number of rotatable bonds is 7. The fourth-order valence-corrected chi connectivity index (χ4v) is 2.25. The minimum atomic E-state index is -1.02. The number of nitrogens with one attached hydrogen (secondary N) is 3. The number of amides is 3. The zero-order valence-corrected chi connectivity index (χ0v) is 14.5. The standard InChI is InChI=1S/C17H25N3O4/c1-5-11(3)15(16(22)23)18-9-14(21)20-17(24)19-13-7-6-10(2)8-12(13)4/h6-8,11,15,18H,5,9H2,1-4H3,(H,22,23)(H2,19,20,21,24)/t11-,15-/m0/s1. The molecule has 2 atom stereocenters. The van der Waals surface area contributed by atoms with Gasteiger partial charge in [-0.2, -0.15) is 0 Å². The molecule has 24 heavy (non-hydrogen) atoms. The van der Waals surface area contributed by atoms with Crippen LogP contribution in [0.15, 0.2) is 18.2 Å². The monoisotopic (exact) mass is 335 g/mol. The van der Waals surface area contributed by atoms with Crippen LogP contribution in [0.4, 0.5) is 10.5 Å². The summed E-state index contributed by atoms with van der Waals surface area (Å²) < 4.78 is 0. The van der Waals surface area contributed by atoms with Gasteiger partial charge in [-0.3, -0.25) is 20.2 Å². The molecule has 0 heterocycles. The topological polar surface area (TPSA) is 108 Å². The van der Waals surface area contributed by atoms with Crippen LogP contribution < -0.4 is 16.0 Å². The van der Waals surface area contributed by atoms with E-state index in [0.29, 0.717) is 12.1 Å². The van der Waals surface area contributed by atoms with Crippen LogP contribution in [0.3, 0.4) is 0 Å². The Bertz CT molecular complexity index is 616. The minimum Gasteiger partial charge on any atom is -0.480 e. The normalized spacial score (nSPS) is 13.0. The van der Waals surface area contributed by atoms with E-state index in [1.54, 1.807) is 13.0 Å². The molecule has 4 N–H and O–H groups in total. The molecule has 1 aromatic carbocycles. The molecule has 0 radical (unpaired) electrons. The van der Waals surface area contributed by atoms with E-state index in [1.165, 1.54) is 0 Å². The highest BCUT2D eigenvalue weighted by molar-refractivity contribution is 6.02. The second-order valence-corrected chi connectivity index (χ2v) is 5.90. The van der Waals surface area contributed by atoms with Crippen LogP contribution >= 0.6 is 0 Å². The summed E-state index contributed by atoms with van der Waals surface area (Å²) in [4.78, 5) is 34.8. The highest BCUT2D eigenvalue weighted by Gasteiger charge is 2.23. The van der Waals surface area contributed by atoms with Crippen molar-refractivity contribution in [2.75, 3.05) is 11.9 Å². The Balaban J connectivity index is 2.52. The highest BCUT2D eigenvalue weighted by atomic mass is 16.4. The first kappa shape index (κ1) is 19.6. The fourth-order valence-electron chi connectivity index (χ4n) is 2.25. The van der Waals surface area contributed by atoms with Gasteiger partial charge in [0.25, 0.3) is 0 Å². The van der Waals surface area contributed by atoms with Crippen LogP contribution in [0, 0.1) is 19.8 Å². The average molecular weight is 335 g/mol. The number of carbonyl (C=O) groups is 3. The van der Waals surface area contributed by atoms with Crippen molar-refractivity contribution in [3.05, 3.63) is 29.3 Å². The number of carboxylic acids is 1. The van der Waals surface area contributed by atoms with Gasteiger partial charge < -0.3 is 10.4 Å². The SMILES string of the molecule is CC[C@H](C)[C@H](NCC(=O)NC(=O)Nc1ccc(C)cc1C)C(=O)O. The molecule has 0 aliphatic rings. The van der Waals surface area contributed by atoms with E-state index in [-0.39, 0.29) is 12.5 Å². The molecule has 1 rings (SSSR count). The van der Waals surface area contributed by atoms with Gasteiger partial charge in [-0.25, -0.2) is 4.79 Å². The zero-order chi connectivity index (χ0) is 18.3. The smallest absolute Gasteiger partial charge is 0.325 e. The molecule has 0 aromatic heterocycles. The molecule has 0 unspecified atom stereocenters. The van der Waals surface area contributed by atoms with Crippen molar-refractivity contribution in [2.24, 2.45) is 5.92 Å².